The van der Waals surface area contributed by atoms with E-state index in [0.29, 0.717) is 36.8 Å². The quantitative estimate of drug-likeness (QED) is 0.300. The average molecular weight is 598 g/mol. The second-order valence-electron chi connectivity index (χ2n) is 10.1. The van der Waals surface area contributed by atoms with Crippen LogP contribution in [0.3, 0.4) is 0 Å². The molecule has 1 aliphatic heterocycles. The number of carbonyl (C=O) groups excluding carboxylic acids is 2. The number of fused-ring (bicyclic) bond motifs is 1. The number of sulfonamides is 1. The number of benzene rings is 3. The molecule has 1 atom stereocenters. The Bertz CT molecular complexity index is 1470. The number of nitrogens with zero attached hydrogens (tertiary/aromatic N) is 2. The van der Waals surface area contributed by atoms with Crippen LogP contribution in [0.5, 0.6) is 11.5 Å². The first-order valence-electron chi connectivity index (χ1n) is 13.9. The number of carbonyl (C=O) groups is 2. The summed E-state index contributed by atoms with van der Waals surface area (Å²) >= 11 is 0. The molecule has 9 nitrogen and oxygen atoms in total. The third-order valence-electron chi connectivity index (χ3n) is 6.86. The van der Waals surface area contributed by atoms with Crippen molar-refractivity contribution in [1.82, 2.24) is 10.2 Å². The summed E-state index contributed by atoms with van der Waals surface area (Å²) in [6.07, 6.45) is 2.86. The summed E-state index contributed by atoms with van der Waals surface area (Å²) in [6.45, 7) is 2.54. The summed E-state index contributed by atoms with van der Waals surface area (Å²) in [5.74, 6) is -0.523. The van der Waals surface area contributed by atoms with E-state index in [2.05, 4.69) is 5.32 Å². The summed E-state index contributed by atoms with van der Waals surface area (Å²) in [4.78, 5) is 29.1. The number of amides is 2. The average Bonchev–Trinajstić information content (AvgIpc) is 2.98. The number of ether oxygens (including phenoxy) is 2. The minimum atomic E-state index is -3.93. The SMILES string of the molecule is CCCCNC(=O)[C@@H](Cc1ccccc1)N(Cc1ccc(F)cc1)C(=O)CN(c1ccc2c(c1)OCCO2)S(C)(=O)=O. The van der Waals surface area contributed by atoms with Gasteiger partial charge < -0.3 is 19.7 Å². The van der Waals surface area contributed by atoms with Gasteiger partial charge in [-0.05, 0) is 41.8 Å². The van der Waals surface area contributed by atoms with Gasteiger partial charge >= 0.3 is 0 Å². The van der Waals surface area contributed by atoms with E-state index in [9.17, 15) is 22.4 Å². The zero-order chi connectivity index (χ0) is 30.1. The first-order valence-corrected chi connectivity index (χ1v) is 15.7. The number of hydrogen-bond acceptors (Lipinski definition) is 6. The summed E-state index contributed by atoms with van der Waals surface area (Å²) in [5.41, 5.74) is 1.65. The molecule has 0 aromatic heterocycles. The molecule has 0 aliphatic carbocycles. The molecular formula is C31H36FN3O6S. The van der Waals surface area contributed by atoms with Crippen molar-refractivity contribution in [2.45, 2.75) is 38.8 Å². The lowest BCUT2D eigenvalue weighted by molar-refractivity contribution is -0.140. The maximum atomic E-state index is 14.1. The van der Waals surface area contributed by atoms with Crippen LogP contribution in [0.25, 0.3) is 0 Å². The van der Waals surface area contributed by atoms with Crippen LogP contribution in [0.4, 0.5) is 10.1 Å². The fourth-order valence-electron chi connectivity index (χ4n) is 4.65. The number of halogens is 1. The summed E-state index contributed by atoms with van der Waals surface area (Å²) in [6, 6.07) is 18.6. The first-order chi connectivity index (χ1) is 20.2. The molecule has 4 rings (SSSR count). The Hall–Kier alpha value is -4.12. The molecular weight excluding hydrogens is 561 g/mol. The second kappa shape index (κ2) is 14.2. The molecule has 0 radical (unpaired) electrons. The lowest BCUT2D eigenvalue weighted by atomic mass is 10.0. The molecule has 1 aliphatic rings. The molecule has 3 aromatic carbocycles. The third kappa shape index (κ3) is 8.22. The van der Waals surface area contributed by atoms with E-state index in [1.54, 1.807) is 24.3 Å². The molecule has 0 spiro atoms. The van der Waals surface area contributed by atoms with Crippen molar-refractivity contribution in [2.24, 2.45) is 0 Å². The lowest BCUT2D eigenvalue weighted by Gasteiger charge is -2.33. The zero-order valence-corrected chi connectivity index (χ0v) is 24.6. The number of unbranched alkanes of at least 4 members (excludes halogenated alkanes) is 1. The normalized spacial score (nSPS) is 13.2. The van der Waals surface area contributed by atoms with E-state index in [1.807, 2.05) is 37.3 Å². The van der Waals surface area contributed by atoms with Crippen molar-refractivity contribution in [2.75, 3.05) is 36.9 Å². The highest BCUT2D eigenvalue weighted by molar-refractivity contribution is 7.92. The van der Waals surface area contributed by atoms with E-state index >= 15 is 0 Å². The molecule has 0 saturated carbocycles. The van der Waals surface area contributed by atoms with Gasteiger partial charge in [0.05, 0.1) is 11.9 Å². The first kappa shape index (κ1) is 30.8. The topological polar surface area (TPSA) is 105 Å². The van der Waals surface area contributed by atoms with Gasteiger partial charge in [-0.3, -0.25) is 13.9 Å². The van der Waals surface area contributed by atoms with Gasteiger partial charge in [0.15, 0.2) is 11.5 Å². The third-order valence-corrected chi connectivity index (χ3v) is 8.00. The standard InChI is InChI=1S/C31H36FN3O6S/c1-3-4-16-33-31(37)27(19-23-8-6-5-7-9-23)34(21-24-10-12-25(32)13-11-24)30(36)22-35(42(2,38)39)26-14-15-28-29(20-26)41-18-17-40-28/h5-15,20,27H,3-4,16-19,21-22H2,1-2H3,(H,33,37)/t27-/m1/s1. The minimum Gasteiger partial charge on any atom is -0.486 e. The molecule has 0 fully saturated rings. The Morgan fingerprint density at radius 1 is 0.952 bits per heavy atom. The van der Waals surface area contributed by atoms with Gasteiger partial charge in [-0.1, -0.05) is 55.8 Å². The fourth-order valence-corrected chi connectivity index (χ4v) is 5.49. The molecule has 0 saturated heterocycles. The van der Waals surface area contributed by atoms with Crippen molar-refractivity contribution in [3.05, 3.63) is 89.7 Å². The van der Waals surface area contributed by atoms with Gasteiger partial charge in [0, 0.05) is 25.6 Å². The molecule has 42 heavy (non-hydrogen) atoms. The molecule has 1 heterocycles. The summed E-state index contributed by atoms with van der Waals surface area (Å²) in [5, 5.41) is 2.93. The Labute approximate surface area is 246 Å². The van der Waals surface area contributed by atoms with Crippen LogP contribution in [-0.4, -0.2) is 63.7 Å². The van der Waals surface area contributed by atoms with E-state index in [-0.39, 0.29) is 24.6 Å². The number of hydrogen-bond donors (Lipinski definition) is 1. The van der Waals surface area contributed by atoms with Crippen LogP contribution in [0.15, 0.2) is 72.8 Å². The molecule has 11 heteroatoms. The van der Waals surface area contributed by atoms with E-state index < -0.39 is 34.3 Å². The van der Waals surface area contributed by atoms with Crippen molar-refractivity contribution < 1.29 is 31.9 Å². The van der Waals surface area contributed by atoms with Crippen molar-refractivity contribution >= 4 is 27.5 Å². The van der Waals surface area contributed by atoms with E-state index in [1.165, 1.54) is 23.1 Å². The van der Waals surface area contributed by atoms with Gasteiger partial charge in [-0.2, -0.15) is 0 Å². The Morgan fingerprint density at radius 3 is 2.31 bits per heavy atom. The predicted octanol–water partition coefficient (Wildman–Crippen LogP) is 3.92. The van der Waals surface area contributed by atoms with Crippen LogP contribution in [0, 0.1) is 5.82 Å². The maximum Gasteiger partial charge on any atom is 0.244 e. The Kier molecular flexibility index (Phi) is 10.4. The highest BCUT2D eigenvalue weighted by atomic mass is 32.2. The molecule has 0 bridgehead atoms. The van der Waals surface area contributed by atoms with Gasteiger partial charge in [0.2, 0.25) is 21.8 Å². The van der Waals surface area contributed by atoms with Crippen LogP contribution in [0.2, 0.25) is 0 Å². The Morgan fingerprint density at radius 2 is 1.64 bits per heavy atom. The van der Waals surface area contributed by atoms with Gasteiger partial charge in [0.1, 0.15) is 31.6 Å². The monoisotopic (exact) mass is 597 g/mol. The number of nitrogens with one attached hydrogen (secondary N) is 1. The zero-order valence-electron chi connectivity index (χ0n) is 23.8. The van der Waals surface area contributed by atoms with Gasteiger partial charge in [-0.15, -0.1) is 0 Å². The van der Waals surface area contributed by atoms with E-state index in [0.717, 1.165) is 29.0 Å². The van der Waals surface area contributed by atoms with Crippen LogP contribution < -0.4 is 19.1 Å². The summed E-state index contributed by atoms with van der Waals surface area (Å²) < 4.78 is 51.8. The van der Waals surface area contributed by atoms with Gasteiger partial charge in [-0.25, -0.2) is 12.8 Å². The van der Waals surface area contributed by atoms with E-state index in [4.69, 9.17) is 9.47 Å². The van der Waals surface area contributed by atoms with Crippen molar-refractivity contribution in [1.29, 1.82) is 0 Å². The van der Waals surface area contributed by atoms with Gasteiger partial charge in [0.25, 0.3) is 0 Å². The maximum absolute atomic E-state index is 14.1. The molecule has 224 valence electrons. The van der Waals surface area contributed by atoms with Crippen molar-refractivity contribution in [3.63, 3.8) is 0 Å². The number of anilines is 1. The fraction of sp³-hybridized carbons (Fsp3) is 0.355. The highest BCUT2D eigenvalue weighted by Crippen LogP contribution is 2.34. The van der Waals surface area contributed by atoms with Crippen molar-refractivity contribution in [3.8, 4) is 11.5 Å². The minimum absolute atomic E-state index is 0.0312. The molecule has 0 unspecified atom stereocenters. The molecule has 2 amide bonds. The molecule has 3 aromatic rings. The van der Waals surface area contributed by atoms with Crippen LogP contribution in [0.1, 0.15) is 30.9 Å². The Balaban J connectivity index is 1.70. The highest BCUT2D eigenvalue weighted by Gasteiger charge is 2.33. The smallest absolute Gasteiger partial charge is 0.244 e. The second-order valence-corrected chi connectivity index (χ2v) is 12.0. The number of rotatable bonds is 13. The largest absolute Gasteiger partial charge is 0.486 e. The summed E-state index contributed by atoms with van der Waals surface area (Å²) in [7, 11) is -3.93. The lowest BCUT2D eigenvalue weighted by Crippen LogP contribution is -2.53. The predicted molar refractivity (Wildman–Crippen MR) is 158 cm³/mol. The molecule has 1 N–H and O–H groups in total. The van der Waals surface area contributed by atoms with Crippen LogP contribution in [-0.2, 0) is 32.6 Å². The van der Waals surface area contributed by atoms with Crippen LogP contribution >= 0.6 is 0 Å².